The molecule has 1 N–H and O–H groups in total. The van der Waals surface area contributed by atoms with Gasteiger partial charge in [0.05, 0.1) is 44.2 Å². The van der Waals surface area contributed by atoms with Crippen molar-refractivity contribution in [2.75, 3.05) is 38.2 Å². The lowest BCUT2D eigenvalue weighted by atomic mass is 10.1. The highest BCUT2D eigenvalue weighted by Gasteiger charge is 2.36. The van der Waals surface area contributed by atoms with Gasteiger partial charge in [0.1, 0.15) is 5.75 Å². The van der Waals surface area contributed by atoms with Gasteiger partial charge < -0.3 is 14.5 Å². The van der Waals surface area contributed by atoms with Crippen molar-refractivity contribution >= 4 is 17.0 Å². The largest absolute Gasteiger partial charge is 0.497 e. The lowest BCUT2D eigenvalue weighted by Crippen LogP contribution is -3.15. The number of ether oxygens (including phenoxy) is 1. The summed E-state index contributed by atoms with van der Waals surface area (Å²) in [6.45, 7) is 4.17. The van der Waals surface area contributed by atoms with Gasteiger partial charge in [0.15, 0.2) is 6.04 Å². The molecule has 5 rings (SSSR count). The predicted octanol–water partition coefficient (Wildman–Crippen LogP) is 2.35. The Morgan fingerprint density at radius 1 is 1.10 bits per heavy atom. The van der Waals surface area contributed by atoms with Gasteiger partial charge in [0.2, 0.25) is 5.82 Å². The smallest absolute Gasteiger partial charge is 0.215 e. The zero-order chi connectivity index (χ0) is 20.3. The van der Waals surface area contributed by atoms with Gasteiger partial charge in [-0.1, -0.05) is 18.9 Å². The predicted molar refractivity (Wildman–Crippen MR) is 117 cm³/mol. The summed E-state index contributed by atoms with van der Waals surface area (Å²) in [6, 6.07) is 13.4. The van der Waals surface area contributed by atoms with Crippen molar-refractivity contribution in [3.63, 3.8) is 0 Å². The monoisotopic (exact) mass is 425 g/mol. The van der Waals surface area contributed by atoms with Gasteiger partial charge in [-0.05, 0) is 59.0 Å². The molecule has 0 unspecified atom stereocenters. The van der Waals surface area contributed by atoms with Crippen LogP contribution >= 0.6 is 11.3 Å². The summed E-state index contributed by atoms with van der Waals surface area (Å²) in [5.74, 6) is 1.94. The van der Waals surface area contributed by atoms with Gasteiger partial charge >= 0.3 is 0 Å². The molecule has 2 aromatic heterocycles. The summed E-state index contributed by atoms with van der Waals surface area (Å²) in [4.78, 5) is 5.38. The number of quaternary nitrogens is 1. The topological polar surface area (TPSA) is 60.5 Å². The SMILES string of the molecule is COc1ccc(N2CC[NH+]([C@@H](c3cccs3)c3nnnn3C3CCCC3)CC2)cc1. The quantitative estimate of drug-likeness (QED) is 0.657. The Labute approximate surface area is 181 Å². The molecule has 8 heteroatoms. The van der Waals surface area contributed by atoms with E-state index in [9.17, 15) is 0 Å². The van der Waals surface area contributed by atoms with E-state index in [-0.39, 0.29) is 6.04 Å². The molecule has 7 nitrogen and oxygen atoms in total. The van der Waals surface area contributed by atoms with E-state index in [1.807, 2.05) is 23.5 Å². The van der Waals surface area contributed by atoms with Crippen molar-refractivity contribution in [2.24, 2.45) is 0 Å². The minimum absolute atomic E-state index is 0.207. The number of tetrazole rings is 1. The van der Waals surface area contributed by atoms with Crippen molar-refractivity contribution in [1.82, 2.24) is 20.2 Å². The Morgan fingerprint density at radius 2 is 1.87 bits per heavy atom. The minimum atomic E-state index is 0.207. The maximum atomic E-state index is 5.30. The molecule has 1 atom stereocenters. The fraction of sp³-hybridized carbons (Fsp3) is 0.500. The third-order valence-corrected chi connectivity index (χ3v) is 7.46. The van der Waals surface area contributed by atoms with Gasteiger partial charge in [-0.25, -0.2) is 4.68 Å². The number of anilines is 1. The van der Waals surface area contributed by atoms with Gasteiger partial charge in [-0.3, -0.25) is 0 Å². The average Bonchev–Trinajstić information content (AvgIpc) is 3.57. The minimum Gasteiger partial charge on any atom is -0.497 e. The molecule has 1 saturated heterocycles. The van der Waals surface area contributed by atoms with Crippen LogP contribution in [0.5, 0.6) is 5.75 Å². The number of nitrogens with zero attached hydrogens (tertiary/aromatic N) is 5. The number of piperazine rings is 1. The van der Waals surface area contributed by atoms with E-state index in [1.54, 1.807) is 12.0 Å². The number of rotatable bonds is 6. The highest BCUT2D eigenvalue weighted by molar-refractivity contribution is 7.10. The number of nitrogens with one attached hydrogen (secondary N) is 1. The second-order valence-corrected chi connectivity index (χ2v) is 9.19. The summed E-state index contributed by atoms with van der Waals surface area (Å²) < 4.78 is 7.44. The summed E-state index contributed by atoms with van der Waals surface area (Å²) in [5, 5.41) is 15.2. The molecule has 1 aromatic carbocycles. The molecule has 0 amide bonds. The molecule has 1 aliphatic heterocycles. The molecular formula is C22H29N6OS+. The first-order chi connectivity index (χ1) is 14.8. The Morgan fingerprint density at radius 3 is 2.53 bits per heavy atom. The van der Waals surface area contributed by atoms with Gasteiger partial charge in [-0.2, -0.15) is 0 Å². The van der Waals surface area contributed by atoms with Crippen LogP contribution < -0.4 is 14.5 Å². The second-order valence-electron chi connectivity index (χ2n) is 8.21. The molecule has 3 heterocycles. The zero-order valence-electron chi connectivity index (χ0n) is 17.4. The Kier molecular flexibility index (Phi) is 5.68. The summed E-state index contributed by atoms with van der Waals surface area (Å²) in [6.07, 6.45) is 4.94. The third-order valence-electron chi connectivity index (χ3n) is 6.53. The number of benzene rings is 1. The summed E-state index contributed by atoms with van der Waals surface area (Å²) >= 11 is 1.82. The van der Waals surface area contributed by atoms with E-state index in [0.717, 1.165) is 37.8 Å². The molecule has 1 saturated carbocycles. The van der Waals surface area contributed by atoms with E-state index >= 15 is 0 Å². The highest BCUT2D eigenvalue weighted by atomic mass is 32.1. The fourth-order valence-corrected chi connectivity index (χ4v) is 5.78. The Bertz CT molecular complexity index is 927. The maximum Gasteiger partial charge on any atom is 0.215 e. The maximum absolute atomic E-state index is 5.30. The van der Waals surface area contributed by atoms with Gasteiger partial charge in [0.25, 0.3) is 0 Å². The lowest BCUT2D eigenvalue weighted by Gasteiger charge is -2.37. The molecule has 2 fully saturated rings. The third kappa shape index (κ3) is 3.81. The van der Waals surface area contributed by atoms with Crippen LogP contribution in [0.25, 0.3) is 0 Å². The van der Waals surface area contributed by atoms with E-state index in [4.69, 9.17) is 4.74 Å². The summed E-state index contributed by atoms with van der Waals surface area (Å²) in [5.41, 5.74) is 1.26. The molecule has 1 aliphatic carbocycles. The Hall–Kier alpha value is -2.45. The molecule has 0 bridgehead atoms. The first-order valence-corrected chi connectivity index (χ1v) is 11.8. The molecule has 0 spiro atoms. The van der Waals surface area contributed by atoms with Crippen LogP contribution in [-0.2, 0) is 0 Å². The van der Waals surface area contributed by atoms with Crippen LogP contribution in [-0.4, -0.2) is 53.5 Å². The van der Waals surface area contributed by atoms with Crippen molar-refractivity contribution in [3.8, 4) is 5.75 Å². The van der Waals surface area contributed by atoms with Crippen LogP contribution in [0.15, 0.2) is 41.8 Å². The van der Waals surface area contributed by atoms with Crippen molar-refractivity contribution in [2.45, 2.75) is 37.8 Å². The van der Waals surface area contributed by atoms with Crippen molar-refractivity contribution < 1.29 is 9.64 Å². The fourth-order valence-electron chi connectivity index (χ4n) is 4.90. The number of methoxy groups -OCH3 is 1. The van der Waals surface area contributed by atoms with Crippen molar-refractivity contribution in [1.29, 1.82) is 0 Å². The van der Waals surface area contributed by atoms with E-state index in [0.29, 0.717) is 6.04 Å². The molecule has 0 radical (unpaired) electrons. The van der Waals surface area contributed by atoms with Gasteiger partial charge in [-0.15, -0.1) is 16.4 Å². The summed E-state index contributed by atoms with van der Waals surface area (Å²) in [7, 11) is 1.71. The van der Waals surface area contributed by atoms with Crippen LogP contribution in [0.2, 0.25) is 0 Å². The van der Waals surface area contributed by atoms with Crippen LogP contribution in [0.4, 0.5) is 5.69 Å². The number of hydrogen-bond acceptors (Lipinski definition) is 6. The normalized spacial score (nSPS) is 19.3. The van der Waals surface area contributed by atoms with Crippen LogP contribution in [0.3, 0.4) is 0 Å². The van der Waals surface area contributed by atoms with E-state index < -0.39 is 0 Å². The highest BCUT2D eigenvalue weighted by Crippen LogP contribution is 2.32. The first-order valence-electron chi connectivity index (χ1n) is 10.9. The molecule has 2 aliphatic rings. The average molecular weight is 426 g/mol. The molecule has 158 valence electrons. The molecule has 30 heavy (non-hydrogen) atoms. The number of hydrogen-bond donors (Lipinski definition) is 1. The second kappa shape index (κ2) is 8.73. The van der Waals surface area contributed by atoms with Crippen molar-refractivity contribution in [3.05, 3.63) is 52.5 Å². The van der Waals surface area contributed by atoms with E-state index in [2.05, 4.69) is 54.8 Å². The number of aromatic nitrogens is 4. The van der Waals surface area contributed by atoms with Crippen LogP contribution in [0, 0.1) is 0 Å². The molecular weight excluding hydrogens is 396 g/mol. The first kappa shape index (κ1) is 19.5. The Balaban J connectivity index is 1.36. The van der Waals surface area contributed by atoms with Gasteiger partial charge in [0, 0.05) is 5.69 Å². The molecule has 3 aromatic rings. The number of thiophene rings is 1. The van der Waals surface area contributed by atoms with Crippen LogP contribution in [0.1, 0.15) is 48.5 Å². The standard InChI is InChI=1S/C22H28N6OS/c1-29-19-10-8-17(9-11-19)26-12-14-27(15-13-26)21(20-7-4-16-30-20)22-23-24-25-28(22)18-5-2-3-6-18/h4,7-11,16,18,21H,2-3,5-6,12-15H2,1H3/p+1/t21-/m0/s1. The zero-order valence-corrected chi connectivity index (χ0v) is 18.2. The lowest BCUT2D eigenvalue weighted by molar-refractivity contribution is -0.926. The van der Waals surface area contributed by atoms with E-state index in [1.165, 1.54) is 36.2 Å².